The summed E-state index contributed by atoms with van der Waals surface area (Å²) in [5.74, 6) is 0.824. The number of ether oxygens (including phenoxy) is 2. The van der Waals surface area contributed by atoms with Crippen LogP contribution in [0.25, 0.3) is 0 Å². The maximum absolute atomic E-state index is 11.8. The van der Waals surface area contributed by atoms with E-state index < -0.39 is 0 Å². The van der Waals surface area contributed by atoms with Gasteiger partial charge in [-0.3, -0.25) is 9.69 Å². The third-order valence-corrected chi connectivity index (χ3v) is 3.28. The first kappa shape index (κ1) is 17.0. The van der Waals surface area contributed by atoms with Crippen LogP contribution in [0.1, 0.15) is 23.7 Å². The van der Waals surface area contributed by atoms with Gasteiger partial charge in [-0.1, -0.05) is 19.1 Å². The van der Waals surface area contributed by atoms with Crippen molar-refractivity contribution in [3.05, 3.63) is 29.8 Å². The molecule has 1 aliphatic rings. The molecule has 20 heavy (non-hydrogen) atoms. The van der Waals surface area contributed by atoms with E-state index in [4.69, 9.17) is 9.47 Å². The van der Waals surface area contributed by atoms with Gasteiger partial charge in [-0.25, -0.2) is 0 Å². The van der Waals surface area contributed by atoms with Crippen LogP contribution in [0.3, 0.4) is 0 Å². The van der Waals surface area contributed by atoms with E-state index in [-0.39, 0.29) is 18.2 Å². The second-order valence-corrected chi connectivity index (χ2v) is 4.58. The molecule has 5 heteroatoms. The smallest absolute Gasteiger partial charge is 0.166 e. The third kappa shape index (κ3) is 4.78. The van der Waals surface area contributed by atoms with Crippen LogP contribution in [0.15, 0.2) is 24.3 Å². The molecule has 2 rings (SSSR count). The number of Topliss-reactive ketones (excluding diaryl/α,β-unsaturated/α-hetero) is 1. The molecule has 1 fully saturated rings. The number of nitrogens with zero attached hydrogens (tertiary/aromatic N) is 1. The van der Waals surface area contributed by atoms with Gasteiger partial charge in [-0.15, -0.1) is 12.4 Å². The molecule has 0 radical (unpaired) electrons. The van der Waals surface area contributed by atoms with Crippen molar-refractivity contribution >= 4 is 18.2 Å². The lowest BCUT2D eigenvalue weighted by atomic mass is 10.1. The molecule has 1 saturated heterocycles. The maximum atomic E-state index is 11.8. The zero-order valence-corrected chi connectivity index (χ0v) is 12.7. The van der Waals surface area contributed by atoms with Crippen LogP contribution in [-0.4, -0.2) is 50.1 Å². The predicted molar refractivity (Wildman–Crippen MR) is 81.1 cm³/mol. The summed E-state index contributed by atoms with van der Waals surface area (Å²) in [6, 6.07) is 7.46. The normalized spacial score (nSPS) is 15.4. The van der Waals surface area contributed by atoms with Crippen molar-refractivity contribution in [2.75, 3.05) is 39.5 Å². The summed E-state index contributed by atoms with van der Waals surface area (Å²) < 4.78 is 11.1. The van der Waals surface area contributed by atoms with Gasteiger partial charge in [0.05, 0.1) is 18.8 Å². The molecule has 1 aromatic carbocycles. The molecule has 0 N–H and O–H groups in total. The number of carbonyl (C=O) groups is 1. The lowest BCUT2D eigenvalue weighted by Gasteiger charge is -2.26. The van der Waals surface area contributed by atoms with Crippen molar-refractivity contribution in [1.82, 2.24) is 4.90 Å². The Morgan fingerprint density at radius 3 is 2.70 bits per heavy atom. The zero-order chi connectivity index (χ0) is 13.5. The van der Waals surface area contributed by atoms with Crippen LogP contribution in [0.5, 0.6) is 5.75 Å². The number of para-hydroxylation sites is 1. The number of morpholine rings is 1. The molecule has 0 amide bonds. The molecular formula is C15H22ClNO3. The van der Waals surface area contributed by atoms with Crippen LogP contribution >= 0.6 is 12.4 Å². The van der Waals surface area contributed by atoms with Gasteiger partial charge < -0.3 is 9.47 Å². The highest BCUT2D eigenvalue weighted by atomic mass is 35.5. The Balaban J connectivity index is 0.00000200. The Hall–Kier alpha value is -1.10. The first-order chi connectivity index (χ1) is 9.31. The van der Waals surface area contributed by atoms with Crippen LogP contribution in [0.4, 0.5) is 0 Å². The van der Waals surface area contributed by atoms with Crippen LogP contribution < -0.4 is 4.74 Å². The lowest BCUT2D eigenvalue weighted by Crippen LogP contribution is -2.38. The summed E-state index contributed by atoms with van der Waals surface area (Å²) in [6.07, 6.45) is 0.504. The summed E-state index contributed by atoms with van der Waals surface area (Å²) >= 11 is 0. The second-order valence-electron chi connectivity index (χ2n) is 4.58. The average Bonchev–Trinajstić information content (AvgIpc) is 2.48. The number of carbonyl (C=O) groups excluding carboxylic acids is 1. The minimum Gasteiger partial charge on any atom is -0.491 e. The monoisotopic (exact) mass is 299 g/mol. The highest BCUT2D eigenvalue weighted by Gasteiger charge is 2.12. The fourth-order valence-corrected chi connectivity index (χ4v) is 2.12. The molecule has 0 spiro atoms. The van der Waals surface area contributed by atoms with Gasteiger partial charge in [0.1, 0.15) is 12.4 Å². The van der Waals surface area contributed by atoms with E-state index in [1.54, 1.807) is 0 Å². The van der Waals surface area contributed by atoms with E-state index in [1.807, 2.05) is 31.2 Å². The molecule has 1 aromatic rings. The Morgan fingerprint density at radius 2 is 2.00 bits per heavy atom. The molecule has 0 atom stereocenters. The first-order valence-corrected chi connectivity index (χ1v) is 6.86. The SMILES string of the molecule is CCC(=O)c1ccccc1OCCN1CCOCC1.Cl. The van der Waals surface area contributed by atoms with Gasteiger partial charge >= 0.3 is 0 Å². The number of rotatable bonds is 6. The summed E-state index contributed by atoms with van der Waals surface area (Å²) in [7, 11) is 0. The minimum atomic E-state index is 0. The van der Waals surface area contributed by atoms with Crippen molar-refractivity contribution in [2.45, 2.75) is 13.3 Å². The number of ketones is 1. The number of hydrogen-bond acceptors (Lipinski definition) is 4. The molecule has 0 aromatic heterocycles. The van der Waals surface area contributed by atoms with Gasteiger partial charge in [0.15, 0.2) is 5.78 Å². The second kappa shape index (κ2) is 8.95. The van der Waals surface area contributed by atoms with Crippen LogP contribution in [0.2, 0.25) is 0 Å². The largest absolute Gasteiger partial charge is 0.491 e. The minimum absolute atomic E-state index is 0. The van der Waals surface area contributed by atoms with Crippen LogP contribution in [-0.2, 0) is 4.74 Å². The molecule has 4 nitrogen and oxygen atoms in total. The molecule has 1 aliphatic heterocycles. The van der Waals surface area contributed by atoms with Gasteiger partial charge in [-0.05, 0) is 12.1 Å². The van der Waals surface area contributed by atoms with Gasteiger partial charge in [0.25, 0.3) is 0 Å². The van der Waals surface area contributed by atoms with Crippen molar-refractivity contribution in [3.63, 3.8) is 0 Å². The Bertz CT molecular complexity index is 419. The Labute approximate surface area is 126 Å². The van der Waals surface area contributed by atoms with E-state index in [2.05, 4.69) is 4.90 Å². The fourth-order valence-electron chi connectivity index (χ4n) is 2.12. The predicted octanol–water partition coefficient (Wildman–Crippen LogP) is 2.41. The highest BCUT2D eigenvalue weighted by molar-refractivity contribution is 5.98. The molecule has 0 saturated carbocycles. The Morgan fingerprint density at radius 1 is 1.30 bits per heavy atom. The topological polar surface area (TPSA) is 38.8 Å². The van der Waals surface area contributed by atoms with E-state index >= 15 is 0 Å². The van der Waals surface area contributed by atoms with Crippen molar-refractivity contribution in [1.29, 1.82) is 0 Å². The van der Waals surface area contributed by atoms with E-state index in [0.717, 1.165) is 32.8 Å². The fraction of sp³-hybridized carbons (Fsp3) is 0.533. The molecule has 0 unspecified atom stereocenters. The molecular weight excluding hydrogens is 278 g/mol. The van der Waals surface area contributed by atoms with Gasteiger partial charge in [-0.2, -0.15) is 0 Å². The highest BCUT2D eigenvalue weighted by Crippen LogP contribution is 2.19. The standard InChI is InChI=1S/C15H21NO3.ClH/c1-2-14(17)13-5-3-4-6-15(13)19-12-9-16-7-10-18-11-8-16;/h3-6H,2,7-12H2,1H3;1H. The zero-order valence-electron chi connectivity index (χ0n) is 11.8. The first-order valence-electron chi connectivity index (χ1n) is 6.86. The third-order valence-electron chi connectivity index (χ3n) is 3.28. The average molecular weight is 300 g/mol. The number of hydrogen-bond donors (Lipinski definition) is 0. The van der Waals surface area contributed by atoms with Crippen molar-refractivity contribution in [3.8, 4) is 5.75 Å². The van der Waals surface area contributed by atoms with Crippen LogP contribution in [0, 0.1) is 0 Å². The summed E-state index contributed by atoms with van der Waals surface area (Å²) in [5.41, 5.74) is 0.687. The van der Waals surface area contributed by atoms with Crippen molar-refractivity contribution in [2.24, 2.45) is 0 Å². The Kier molecular flexibility index (Phi) is 7.59. The van der Waals surface area contributed by atoms with E-state index in [0.29, 0.717) is 24.3 Å². The summed E-state index contributed by atoms with van der Waals surface area (Å²) in [5, 5.41) is 0. The van der Waals surface area contributed by atoms with Crippen molar-refractivity contribution < 1.29 is 14.3 Å². The van der Waals surface area contributed by atoms with Gasteiger partial charge in [0, 0.05) is 26.1 Å². The molecule has 112 valence electrons. The van der Waals surface area contributed by atoms with E-state index in [1.165, 1.54) is 0 Å². The maximum Gasteiger partial charge on any atom is 0.166 e. The lowest BCUT2D eigenvalue weighted by molar-refractivity contribution is 0.0322. The van der Waals surface area contributed by atoms with Gasteiger partial charge in [0.2, 0.25) is 0 Å². The van der Waals surface area contributed by atoms with E-state index in [9.17, 15) is 4.79 Å². The summed E-state index contributed by atoms with van der Waals surface area (Å²) in [4.78, 5) is 14.1. The quantitative estimate of drug-likeness (QED) is 0.756. The number of benzene rings is 1. The molecule has 0 aliphatic carbocycles. The molecule has 0 bridgehead atoms. The number of halogens is 1. The molecule has 1 heterocycles. The summed E-state index contributed by atoms with van der Waals surface area (Å²) in [6.45, 7) is 6.85.